The molecule has 0 aromatic carbocycles. The number of piperidine rings is 1. The van der Waals surface area contributed by atoms with Gasteiger partial charge in [-0.1, -0.05) is 0 Å². The first-order valence-electron chi connectivity index (χ1n) is 5.75. The fraction of sp³-hybridized carbons (Fsp3) is 0.500. The molecule has 0 atom stereocenters. The van der Waals surface area contributed by atoms with Gasteiger partial charge in [0.05, 0.1) is 4.47 Å². The zero-order valence-corrected chi connectivity index (χ0v) is 11.4. The Labute approximate surface area is 109 Å². The zero-order chi connectivity index (χ0) is 12.4. The van der Waals surface area contributed by atoms with Crippen molar-refractivity contribution in [2.45, 2.75) is 19.8 Å². The third-order valence-electron chi connectivity index (χ3n) is 3.26. The van der Waals surface area contributed by atoms with Gasteiger partial charge in [-0.05, 0) is 47.3 Å². The molecule has 1 aliphatic heterocycles. The Morgan fingerprint density at radius 3 is 2.76 bits per heavy atom. The number of halogens is 1. The molecule has 0 spiro atoms. The summed E-state index contributed by atoms with van der Waals surface area (Å²) < 4.78 is 1.04. The summed E-state index contributed by atoms with van der Waals surface area (Å²) in [6.45, 7) is 3.72. The number of aromatic nitrogens is 1. The van der Waals surface area contributed by atoms with E-state index in [1.54, 1.807) is 0 Å². The molecular formula is C12H16BrN3O. The lowest BCUT2D eigenvalue weighted by molar-refractivity contribution is -0.122. The molecule has 2 heterocycles. The van der Waals surface area contributed by atoms with Crippen LogP contribution in [0.1, 0.15) is 18.4 Å². The van der Waals surface area contributed by atoms with Crippen molar-refractivity contribution in [3.8, 4) is 0 Å². The number of rotatable bonds is 2. The van der Waals surface area contributed by atoms with E-state index in [9.17, 15) is 4.79 Å². The van der Waals surface area contributed by atoms with Gasteiger partial charge in [-0.3, -0.25) is 4.79 Å². The first-order chi connectivity index (χ1) is 8.09. The lowest BCUT2D eigenvalue weighted by Gasteiger charge is -2.32. The summed E-state index contributed by atoms with van der Waals surface area (Å²) in [5.74, 6) is 0.809. The summed E-state index contributed by atoms with van der Waals surface area (Å²) in [5, 5.41) is 0. The van der Waals surface area contributed by atoms with E-state index in [0.717, 1.165) is 36.2 Å². The van der Waals surface area contributed by atoms with Crippen LogP contribution in [0, 0.1) is 12.8 Å². The summed E-state index contributed by atoms with van der Waals surface area (Å²) in [4.78, 5) is 17.7. The number of amides is 1. The minimum absolute atomic E-state index is 0.0230. The minimum atomic E-state index is -0.180. The third-order valence-corrected chi connectivity index (χ3v) is 4.24. The van der Waals surface area contributed by atoms with Crippen molar-refractivity contribution in [1.82, 2.24) is 4.98 Å². The molecule has 2 rings (SSSR count). The van der Waals surface area contributed by atoms with Crippen LogP contribution in [0.4, 0.5) is 5.82 Å². The van der Waals surface area contributed by atoms with Crippen molar-refractivity contribution in [1.29, 1.82) is 0 Å². The molecule has 0 aliphatic carbocycles. The fourth-order valence-corrected chi connectivity index (χ4v) is 2.61. The highest BCUT2D eigenvalue weighted by atomic mass is 79.9. The van der Waals surface area contributed by atoms with Crippen molar-refractivity contribution < 1.29 is 4.79 Å². The van der Waals surface area contributed by atoms with Crippen molar-refractivity contribution in [2.75, 3.05) is 18.0 Å². The zero-order valence-electron chi connectivity index (χ0n) is 9.82. The first-order valence-corrected chi connectivity index (χ1v) is 6.54. The van der Waals surface area contributed by atoms with Gasteiger partial charge in [0.25, 0.3) is 0 Å². The Balaban J connectivity index is 2.10. The molecule has 2 N–H and O–H groups in total. The number of nitrogens with zero attached hydrogens (tertiary/aromatic N) is 2. The van der Waals surface area contributed by atoms with E-state index in [4.69, 9.17) is 5.73 Å². The summed E-state index contributed by atoms with van der Waals surface area (Å²) in [5.41, 5.74) is 6.50. The predicted octanol–water partition coefficient (Wildman–Crippen LogP) is 1.85. The van der Waals surface area contributed by atoms with Crippen LogP contribution in [0.3, 0.4) is 0 Å². The number of hydrogen-bond donors (Lipinski definition) is 1. The lowest BCUT2D eigenvalue weighted by atomic mass is 9.96. The molecule has 1 fully saturated rings. The topological polar surface area (TPSA) is 59.2 Å². The summed E-state index contributed by atoms with van der Waals surface area (Å²) in [6, 6.07) is 1.98. The molecule has 0 bridgehead atoms. The van der Waals surface area contributed by atoms with Crippen molar-refractivity contribution in [3.05, 3.63) is 22.3 Å². The monoisotopic (exact) mass is 297 g/mol. The molecule has 5 heteroatoms. The van der Waals surface area contributed by atoms with Gasteiger partial charge in [0, 0.05) is 25.2 Å². The number of anilines is 1. The van der Waals surface area contributed by atoms with Gasteiger partial charge in [0.15, 0.2) is 0 Å². The second-order valence-corrected chi connectivity index (χ2v) is 5.22. The minimum Gasteiger partial charge on any atom is -0.369 e. The molecule has 1 aromatic rings. The van der Waals surface area contributed by atoms with Crippen LogP contribution in [-0.2, 0) is 4.79 Å². The Morgan fingerprint density at radius 2 is 2.18 bits per heavy atom. The Bertz CT molecular complexity index is 428. The van der Waals surface area contributed by atoms with Gasteiger partial charge in [0.2, 0.25) is 5.91 Å². The fourth-order valence-electron chi connectivity index (χ4n) is 2.12. The molecule has 92 valence electrons. The van der Waals surface area contributed by atoms with Gasteiger partial charge in [-0.15, -0.1) is 0 Å². The molecular weight excluding hydrogens is 282 g/mol. The first kappa shape index (κ1) is 12.4. The second-order valence-electron chi connectivity index (χ2n) is 4.43. The van der Waals surface area contributed by atoms with Crippen LogP contribution in [0.2, 0.25) is 0 Å². The average Bonchev–Trinajstić information content (AvgIpc) is 2.33. The standard InChI is InChI=1S/C12H16BrN3O/c1-8-2-5-15-12(10(8)13)16-6-3-9(4-7-16)11(14)17/h2,5,9H,3-4,6-7H2,1H3,(H2,14,17). The largest absolute Gasteiger partial charge is 0.369 e. The van der Waals surface area contributed by atoms with E-state index in [2.05, 4.69) is 25.8 Å². The Hall–Kier alpha value is -1.10. The van der Waals surface area contributed by atoms with Gasteiger partial charge < -0.3 is 10.6 Å². The molecule has 1 amide bonds. The molecule has 0 saturated carbocycles. The number of carbonyl (C=O) groups is 1. The number of pyridine rings is 1. The Morgan fingerprint density at radius 1 is 1.53 bits per heavy atom. The van der Waals surface area contributed by atoms with E-state index in [1.807, 2.05) is 19.2 Å². The van der Waals surface area contributed by atoms with Gasteiger partial charge >= 0.3 is 0 Å². The maximum atomic E-state index is 11.1. The predicted molar refractivity (Wildman–Crippen MR) is 70.8 cm³/mol. The maximum Gasteiger partial charge on any atom is 0.220 e. The lowest BCUT2D eigenvalue weighted by Crippen LogP contribution is -2.39. The highest BCUT2D eigenvalue weighted by Crippen LogP contribution is 2.29. The quantitative estimate of drug-likeness (QED) is 0.906. The third kappa shape index (κ3) is 2.60. The normalized spacial score (nSPS) is 17.2. The number of primary amides is 1. The molecule has 4 nitrogen and oxygen atoms in total. The molecule has 0 unspecified atom stereocenters. The Kier molecular flexibility index (Phi) is 3.66. The summed E-state index contributed by atoms with van der Waals surface area (Å²) >= 11 is 3.56. The summed E-state index contributed by atoms with van der Waals surface area (Å²) in [6.07, 6.45) is 3.45. The molecule has 1 saturated heterocycles. The van der Waals surface area contributed by atoms with E-state index >= 15 is 0 Å². The van der Waals surface area contributed by atoms with Crippen LogP contribution < -0.4 is 10.6 Å². The van der Waals surface area contributed by atoms with Crippen LogP contribution in [-0.4, -0.2) is 24.0 Å². The van der Waals surface area contributed by atoms with E-state index in [0.29, 0.717) is 0 Å². The number of hydrogen-bond acceptors (Lipinski definition) is 3. The number of aryl methyl sites for hydroxylation is 1. The van der Waals surface area contributed by atoms with Crippen LogP contribution in [0.5, 0.6) is 0 Å². The summed E-state index contributed by atoms with van der Waals surface area (Å²) in [7, 11) is 0. The number of carbonyl (C=O) groups excluding carboxylic acids is 1. The maximum absolute atomic E-state index is 11.1. The van der Waals surface area contributed by atoms with Crippen molar-refractivity contribution in [2.24, 2.45) is 11.7 Å². The van der Waals surface area contributed by atoms with Crippen molar-refractivity contribution in [3.63, 3.8) is 0 Å². The van der Waals surface area contributed by atoms with Gasteiger partial charge in [-0.25, -0.2) is 4.98 Å². The van der Waals surface area contributed by atoms with Gasteiger partial charge in [0.1, 0.15) is 5.82 Å². The van der Waals surface area contributed by atoms with Crippen LogP contribution >= 0.6 is 15.9 Å². The van der Waals surface area contributed by atoms with E-state index < -0.39 is 0 Å². The molecule has 0 radical (unpaired) electrons. The van der Waals surface area contributed by atoms with Crippen LogP contribution in [0.25, 0.3) is 0 Å². The highest BCUT2D eigenvalue weighted by molar-refractivity contribution is 9.10. The second kappa shape index (κ2) is 5.04. The SMILES string of the molecule is Cc1ccnc(N2CCC(C(N)=O)CC2)c1Br. The number of nitrogens with two attached hydrogens (primary N) is 1. The highest BCUT2D eigenvalue weighted by Gasteiger charge is 2.24. The van der Waals surface area contributed by atoms with E-state index in [-0.39, 0.29) is 11.8 Å². The molecule has 1 aromatic heterocycles. The molecule has 1 aliphatic rings. The van der Waals surface area contributed by atoms with E-state index in [1.165, 1.54) is 5.56 Å². The van der Waals surface area contributed by atoms with Crippen molar-refractivity contribution >= 4 is 27.7 Å². The van der Waals surface area contributed by atoms with Gasteiger partial charge in [-0.2, -0.15) is 0 Å². The van der Waals surface area contributed by atoms with Crippen LogP contribution in [0.15, 0.2) is 16.7 Å². The average molecular weight is 298 g/mol. The smallest absolute Gasteiger partial charge is 0.220 e. The molecule has 17 heavy (non-hydrogen) atoms.